The molecule has 20 heavy (non-hydrogen) atoms. The van der Waals surface area contributed by atoms with E-state index in [0.29, 0.717) is 33.9 Å². The number of ether oxygens (including phenoxy) is 2. The normalized spacial score (nSPS) is 27.6. The zero-order valence-electron chi connectivity index (χ0n) is 11.8. The van der Waals surface area contributed by atoms with Crippen LogP contribution in [0.25, 0.3) is 0 Å². The first-order chi connectivity index (χ1) is 9.69. The first kappa shape index (κ1) is 13.7. The number of Topliss-reactive ketones (excluding diaryl/α,β-unsaturated/α-hetero) is 1. The topological polar surface area (TPSA) is 35.5 Å². The summed E-state index contributed by atoms with van der Waals surface area (Å²) in [5.41, 5.74) is 0.595. The Balaban J connectivity index is 1.90. The minimum Gasteiger partial charge on any atom is -0.495 e. The highest BCUT2D eigenvalue weighted by molar-refractivity contribution is 6.34. The number of hydrogen-bond acceptors (Lipinski definition) is 3. The van der Waals surface area contributed by atoms with Crippen LogP contribution >= 0.6 is 11.6 Å². The Morgan fingerprint density at radius 3 is 2.35 bits per heavy atom. The second kappa shape index (κ2) is 5.28. The smallest absolute Gasteiger partial charge is 0.170 e. The van der Waals surface area contributed by atoms with Gasteiger partial charge in [0.2, 0.25) is 0 Å². The van der Waals surface area contributed by atoms with Crippen LogP contribution < -0.4 is 9.47 Å². The summed E-state index contributed by atoms with van der Waals surface area (Å²) in [6.45, 7) is 0. The molecular weight excluding hydrogens is 276 g/mol. The van der Waals surface area contributed by atoms with Gasteiger partial charge in [-0.1, -0.05) is 24.4 Å². The third-order valence-corrected chi connectivity index (χ3v) is 5.07. The predicted octanol–water partition coefficient (Wildman–Crippen LogP) is 3.98. The molecule has 0 aromatic heterocycles. The number of benzene rings is 1. The Bertz CT molecular complexity index is 529. The fourth-order valence-electron chi connectivity index (χ4n) is 3.65. The average molecular weight is 295 g/mol. The van der Waals surface area contributed by atoms with Crippen LogP contribution in [-0.4, -0.2) is 20.0 Å². The number of halogens is 1. The van der Waals surface area contributed by atoms with Gasteiger partial charge in [-0.3, -0.25) is 4.79 Å². The molecule has 2 aliphatic carbocycles. The molecule has 2 atom stereocenters. The highest BCUT2D eigenvalue weighted by Gasteiger charge is 2.55. The molecule has 0 heterocycles. The Morgan fingerprint density at radius 2 is 1.80 bits per heavy atom. The zero-order chi connectivity index (χ0) is 14.3. The molecule has 2 fully saturated rings. The van der Waals surface area contributed by atoms with Crippen molar-refractivity contribution < 1.29 is 14.3 Å². The summed E-state index contributed by atoms with van der Waals surface area (Å²) in [4.78, 5) is 12.7. The highest BCUT2D eigenvalue weighted by Crippen LogP contribution is 2.57. The van der Waals surface area contributed by atoms with Crippen LogP contribution in [0.4, 0.5) is 0 Å². The molecule has 2 unspecified atom stereocenters. The van der Waals surface area contributed by atoms with Gasteiger partial charge in [-0.05, 0) is 36.8 Å². The lowest BCUT2D eigenvalue weighted by Crippen LogP contribution is -2.07. The molecule has 0 radical (unpaired) electrons. The van der Waals surface area contributed by atoms with E-state index in [0.717, 1.165) is 0 Å². The van der Waals surface area contributed by atoms with Gasteiger partial charge < -0.3 is 9.47 Å². The maximum Gasteiger partial charge on any atom is 0.170 e. The maximum atomic E-state index is 12.7. The summed E-state index contributed by atoms with van der Waals surface area (Å²) in [7, 11) is 3.09. The molecule has 108 valence electrons. The number of fused-ring (bicyclic) bond motifs is 1. The van der Waals surface area contributed by atoms with Crippen LogP contribution in [0.15, 0.2) is 12.1 Å². The van der Waals surface area contributed by atoms with E-state index in [1.165, 1.54) is 32.8 Å². The number of carbonyl (C=O) groups excluding carboxylic acids is 1. The SMILES string of the molecule is COc1ccc(C(=O)C2C3CCCCC32)c(OC)c1Cl. The van der Waals surface area contributed by atoms with E-state index in [2.05, 4.69) is 0 Å². The number of rotatable bonds is 4. The summed E-state index contributed by atoms with van der Waals surface area (Å²) in [5.74, 6) is 2.51. The first-order valence-corrected chi connectivity index (χ1v) is 7.51. The number of carbonyl (C=O) groups is 1. The van der Waals surface area contributed by atoms with Crippen LogP contribution in [0.5, 0.6) is 11.5 Å². The fourth-order valence-corrected chi connectivity index (χ4v) is 3.97. The number of methoxy groups -OCH3 is 2. The van der Waals surface area contributed by atoms with Crippen LogP contribution in [0.1, 0.15) is 36.0 Å². The van der Waals surface area contributed by atoms with Crippen molar-refractivity contribution in [1.29, 1.82) is 0 Å². The lowest BCUT2D eigenvalue weighted by atomic mass is 10.0. The largest absolute Gasteiger partial charge is 0.495 e. The predicted molar refractivity (Wildman–Crippen MR) is 77.8 cm³/mol. The van der Waals surface area contributed by atoms with Crippen molar-refractivity contribution in [2.75, 3.05) is 14.2 Å². The molecule has 1 aromatic rings. The first-order valence-electron chi connectivity index (χ1n) is 7.13. The standard InChI is InChI=1S/C16H19ClO3/c1-19-12-8-7-11(16(20-2)14(12)17)15(18)13-9-5-3-4-6-10(9)13/h7-10,13H,3-6H2,1-2H3. The summed E-state index contributed by atoms with van der Waals surface area (Å²) in [5, 5.41) is 0.379. The summed E-state index contributed by atoms with van der Waals surface area (Å²) in [6, 6.07) is 3.51. The molecule has 2 aliphatic rings. The average Bonchev–Trinajstić information content (AvgIpc) is 3.20. The van der Waals surface area contributed by atoms with Gasteiger partial charge in [0.25, 0.3) is 0 Å². The summed E-state index contributed by atoms with van der Waals surface area (Å²) in [6.07, 6.45) is 4.89. The Labute approximate surface area is 124 Å². The third-order valence-electron chi connectivity index (χ3n) is 4.71. The second-order valence-electron chi connectivity index (χ2n) is 5.66. The molecule has 2 saturated carbocycles. The molecule has 0 spiro atoms. The van der Waals surface area contributed by atoms with E-state index in [9.17, 15) is 4.79 Å². The fraction of sp³-hybridized carbons (Fsp3) is 0.562. The lowest BCUT2D eigenvalue weighted by Gasteiger charge is -2.12. The molecular formula is C16H19ClO3. The minimum absolute atomic E-state index is 0.177. The monoisotopic (exact) mass is 294 g/mol. The van der Waals surface area contributed by atoms with Crippen molar-refractivity contribution in [2.24, 2.45) is 17.8 Å². The number of hydrogen-bond donors (Lipinski definition) is 0. The molecule has 0 saturated heterocycles. The van der Waals surface area contributed by atoms with Gasteiger partial charge in [0.15, 0.2) is 11.5 Å². The van der Waals surface area contributed by atoms with Crippen molar-refractivity contribution in [3.05, 3.63) is 22.7 Å². The van der Waals surface area contributed by atoms with Crippen molar-refractivity contribution >= 4 is 17.4 Å². The van der Waals surface area contributed by atoms with E-state index >= 15 is 0 Å². The van der Waals surface area contributed by atoms with Crippen molar-refractivity contribution in [3.8, 4) is 11.5 Å². The molecule has 0 aliphatic heterocycles. The lowest BCUT2D eigenvalue weighted by molar-refractivity contribution is 0.0953. The van der Waals surface area contributed by atoms with E-state index < -0.39 is 0 Å². The van der Waals surface area contributed by atoms with Crippen LogP contribution in [0.3, 0.4) is 0 Å². The van der Waals surface area contributed by atoms with Crippen LogP contribution in [0, 0.1) is 17.8 Å². The Kier molecular flexibility index (Phi) is 3.63. The Hall–Kier alpha value is -1.22. The van der Waals surface area contributed by atoms with Gasteiger partial charge in [0, 0.05) is 5.92 Å². The van der Waals surface area contributed by atoms with Crippen molar-refractivity contribution in [2.45, 2.75) is 25.7 Å². The quantitative estimate of drug-likeness (QED) is 0.788. The van der Waals surface area contributed by atoms with E-state index in [4.69, 9.17) is 21.1 Å². The van der Waals surface area contributed by atoms with E-state index in [1.807, 2.05) is 0 Å². The molecule has 0 bridgehead atoms. The second-order valence-corrected chi connectivity index (χ2v) is 6.04. The van der Waals surface area contributed by atoms with E-state index in [1.54, 1.807) is 19.2 Å². The molecule has 3 rings (SSSR count). The van der Waals surface area contributed by atoms with Gasteiger partial charge >= 0.3 is 0 Å². The molecule has 1 aromatic carbocycles. The van der Waals surface area contributed by atoms with Crippen LogP contribution in [0.2, 0.25) is 5.02 Å². The molecule has 3 nitrogen and oxygen atoms in total. The van der Waals surface area contributed by atoms with Crippen LogP contribution in [-0.2, 0) is 0 Å². The highest BCUT2D eigenvalue weighted by atomic mass is 35.5. The number of ketones is 1. The molecule has 0 N–H and O–H groups in total. The molecule has 0 amide bonds. The van der Waals surface area contributed by atoms with Gasteiger partial charge in [-0.15, -0.1) is 0 Å². The Morgan fingerprint density at radius 1 is 1.15 bits per heavy atom. The minimum atomic E-state index is 0.177. The van der Waals surface area contributed by atoms with Gasteiger partial charge in [-0.25, -0.2) is 0 Å². The zero-order valence-corrected chi connectivity index (χ0v) is 12.6. The van der Waals surface area contributed by atoms with Crippen molar-refractivity contribution in [1.82, 2.24) is 0 Å². The van der Waals surface area contributed by atoms with Gasteiger partial charge in [0.1, 0.15) is 10.8 Å². The molecule has 4 heteroatoms. The third kappa shape index (κ3) is 2.08. The summed E-state index contributed by atoms with van der Waals surface area (Å²) >= 11 is 6.23. The van der Waals surface area contributed by atoms with E-state index in [-0.39, 0.29) is 11.7 Å². The van der Waals surface area contributed by atoms with Gasteiger partial charge in [0.05, 0.1) is 19.8 Å². The summed E-state index contributed by atoms with van der Waals surface area (Å²) < 4.78 is 10.5. The maximum absolute atomic E-state index is 12.7. The van der Waals surface area contributed by atoms with Crippen molar-refractivity contribution in [3.63, 3.8) is 0 Å². The van der Waals surface area contributed by atoms with Gasteiger partial charge in [-0.2, -0.15) is 0 Å².